The zero-order valence-corrected chi connectivity index (χ0v) is 15.8. The van der Waals surface area contributed by atoms with E-state index in [0.29, 0.717) is 11.1 Å². The van der Waals surface area contributed by atoms with E-state index < -0.39 is 28.5 Å². The Morgan fingerprint density at radius 1 is 1.18 bits per heavy atom. The molecule has 1 amide bonds. The van der Waals surface area contributed by atoms with E-state index in [1.165, 1.54) is 30.5 Å². The maximum atomic E-state index is 12.0. The molecule has 0 spiro atoms. The number of hydrogen-bond acceptors (Lipinski definition) is 6. The maximum Gasteiger partial charge on any atom is 0.310 e. The second kappa shape index (κ2) is 7.83. The van der Waals surface area contributed by atoms with Crippen LogP contribution in [0.4, 0.5) is 5.69 Å². The van der Waals surface area contributed by atoms with Crippen LogP contribution in [0, 0.1) is 6.92 Å². The van der Waals surface area contributed by atoms with E-state index in [1.807, 2.05) is 25.1 Å². The van der Waals surface area contributed by atoms with Crippen molar-refractivity contribution in [3.8, 4) is 0 Å². The maximum absolute atomic E-state index is 12.0. The first-order chi connectivity index (χ1) is 13.2. The minimum absolute atomic E-state index is 0.0375. The number of primary sulfonamides is 1. The molecule has 3 N–H and O–H groups in total. The van der Waals surface area contributed by atoms with Crippen LogP contribution in [-0.2, 0) is 30.8 Å². The van der Waals surface area contributed by atoms with Crippen molar-refractivity contribution in [3.05, 3.63) is 59.9 Å². The summed E-state index contributed by atoms with van der Waals surface area (Å²) in [5, 5.41) is 8.31. The third kappa shape index (κ3) is 4.76. The molecule has 0 radical (unpaired) electrons. The van der Waals surface area contributed by atoms with Crippen LogP contribution in [0.5, 0.6) is 0 Å². The van der Waals surface area contributed by atoms with Crippen molar-refractivity contribution in [1.29, 1.82) is 0 Å². The van der Waals surface area contributed by atoms with Crippen molar-refractivity contribution >= 4 is 38.6 Å². The van der Waals surface area contributed by atoms with E-state index >= 15 is 0 Å². The highest BCUT2D eigenvalue weighted by atomic mass is 32.2. The number of nitrogens with two attached hydrogens (primary N) is 1. The number of fused-ring (bicyclic) bond motifs is 1. The fraction of sp³-hybridized carbons (Fsp3) is 0.158. The van der Waals surface area contributed by atoms with Crippen LogP contribution in [-0.4, -0.2) is 26.9 Å². The van der Waals surface area contributed by atoms with Gasteiger partial charge in [0.05, 0.1) is 17.6 Å². The Morgan fingerprint density at radius 2 is 1.96 bits per heavy atom. The van der Waals surface area contributed by atoms with Gasteiger partial charge in [0, 0.05) is 16.6 Å². The van der Waals surface area contributed by atoms with Gasteiger partial charge in [-0.05, 0) is 36.8 Å². The van der Waals surface area contributed by atoms with Gasteiger partial charge >= 0.3 is 5.97 Å². The second-order valence-corrected chi connectivity index (χ2v) is 7.78. The molecule has 0 unspecified atom stereocenters. The summed E-state index contributed by atoms with van der Waals surface area (Å²) in [4.78, 5) is 23.8. The number of aryl methyl sites for hydroxylation is 1. The summed E-state index contributed by atoms with van der Waals surface area (Å²) < 4.78 is 33.1. The molecule has 0 saturated heterocycles. The molecule has 0 saturated carbocycles. The Morgan fingerprint density at radius 3 is 2.71 bits per heavy atom. The van der Waals surface area contributed by atoms with Gasteiger partial charge in [-0.2, -0.15) is 0 Å². The SMILES string of the molecule is Cc1ccc2c(CC(=O)OCC(=O)Nc3cccc(S(N)(=O)=O)c3)coc2c1. The van der Waals surface area contributed by atoms with E-state index in [4.69, 9.17) is 14.3 Å². The van der Waals surface area contributed by atoms with Crippen molar-refractivity contribution in [2.24, 2.45) is 5.14 Å². The molecule has 3 rings (SSSR count). The lowest BCUT2D eigenvalue weighted by Crippen LogP contribution is -2.22. The number of esters is 1. The lowest BCUT2D eigenvalue weighted by Gasteiger charge is -2.07. The van der Waals surface area contributed by atoms with E-state index in [9.17, 15) is 18.0 Å². The highest BCUT2D eigenvalue weighted by Crippen LogP contribution is 2.23. The van der Waals surface area contributed by atoms with Gasteiger partial charge in [0.15, 0.2) is 6.61 Å². The summed E-state index contributed by atoms with van der Waals surface area (Å²) in [6, 6.07) is 11.1. The van der Waals surface area contributed by atoms with Crippen molar-refractivity contribution in [2.45, 2.75) is 18.2 Å². The fourth-order valence-electron chi connectivity index (χ4n) is 2.63. The van der Waals surface area contributed by atoms with E-state index in [0.717, 1.165) is 10.9 Å². The monoisotopic (exact) mass is 402 g/mol. The highest BCUT2D eigenvalue weighted by Gasteiger charge is 2.14. The highest BCUT2D eigenvalue weighted by molar-refractivity contribution is 7.89. The summed E-state index contributed by atoms with van der Waals surface area (Å²) in [7, 11) is -3.88. The fourth-order valence-corrected chi connectivity index (χ4v) is 3.19. The van der Waals surface area contributed by atoms with Gasteiger partial charge < -0.3 is 14.5 Å². The van der Waals surface area contributed by atoms with Crippen molar-refractivity contribution in [2.75, 3.05) is 11.9 Å². The standard InChI is InChI=1S/C19H18N2O6S/c1-12-5-6-16-13(10-26-17(16)7-12)8-19(23)27-11-18(22)21-14-3-2-4-15(9-14)28(20,24)25/h2-7,9-10H,8,11H2,1H3,(H,21,22)(H2,20,24,25). The topological polar surface area (TPSA) is 129 Å². The van der Waals surface area contributed by atoms with Gasteiger partial charge in [-0.1, -0.05) is 18.2 Å². The Hall–Kier alpha value is -3.17. The van der Waals surface area contributed by atoms with Crippen LogP contribution in [0.25, 0.3) is 11.0 Å². The summed E-state index contributed by atoms with van der Waals surface area (Å²) in [6.07, 6.45) is 1.45. The number of rotatable bonds is 6. The predicted molar refractivity (Wildman–Crippen MR) is 102 cm³/mol. The third-order valence-corrected chi connectivity index (χ3v) is 4.87. The zero-order chi connectivity index (χ0) is 20.3. The summed E-state index contributed by atoms with van der Waals surface area (Å²) >= 11 is 0. The predicted octanol–water partition coefficient (Wildman–Crippen LogP) is 2.11. The van der Waals surface area contributed by atoms with Crippen LogP contribution >= 0.6 is 0 Å². The van der Waals surface area contributed by atoms with Gasteiger partial charge in [0.25, 0.3) is 5.91 Å². The molecule has 0 fully saturated rings. The van der Waals surface area contributed by atoms with E-state index in [1.54, 1.807) is 0 Å². The summed E-state index contributed by atoms with van der Waals surface area (Å²) in [5.41, 5.74) is 2.61. The molecule has 0 aliphatic heterocycles. The number of anilines is 1. The van der Waals surface area contributed by atoms with Crippen LogP contribution in [0.2, 0.25) is 0 Å². The van der Waals surface area contributed by atoms with Crippen molar-refractivity contribution in [3.63, 3.8) is 0 Å². The molecule has 0 bridgehead atoms. The summed E-state index contributed by atoms with van der Waals surface area (Å²) in [6.45, 7) is 1.43. The van der Waals surface area contributed by atoms with Gasteiger partial charge in [0.2, 0.25) is 10.0 Å². The van der Waals surface area contributed by atoms with Crippen LogP contribution in [0.3, 0.4) is 0 Å². The Kier molecular flexibility index (Phi) is 5.48. The molecule has 0 aliphatic carbocycles. The van der Waals surface area contributed by atoms with Gasteiger partial charge in [-0.25, -0.2) is 13.6 Å². The van der Waals surface area contributed by atoms with E-state index in [-0.39, 0.29) is 17.0 Å². The number of furan rings is 1. The minimum Gasteiger partial charge on any atom is -0.464 e. The number of carbonyl (C=O) groups excluding carboxylic acids is 2. The lowest BCUT2D eigenvalue weighted by atomic mass is 10.1. The summed E-state index contributed by atoms with van der Waals surface area (Å²) in [5.74, 6) is -1.19. The van der Waals surface area contributed by atoms with E-state index in [2.05, 4.69) is 5.32 Å². The van der Waals surface area contributed by atoms with Gasteiger partial charge in [-0.3, -0.25) is 9.59 Å². The van der Waals surface area contributed by atoms with Gasteiger partial charge in [-0.15, -0.1) is 0 Å². The molecule has 1 heterocycles. The molecular formula is C19H18N2O6S. The quantitative estimate of drug-likeness (QED) is 0.608. The zero-order valence-electron chi connectivity index (χ0n) is 15.0. The normalized spacial score (nSPS) is 11.4. The van der Waals surface area contributed by atoms with Crippen LogP contribution in [0.15, 0.2) is 58.0 Å². The molecule has 9 heteroatoms. The average molecular weight is 402 g/mol. The number of sulfonamides is 1. The molecule has 0 aliphatic rings. The number of amides is 1. The molecular weight excluding hydrogens is 384 g/mol. The first kappa shape index (κ1) is 19.6. The van der Waals surface area contributed by atoms with Crippen molar-refractivity contribution in [1.82, 2.24) is 0 Å². The minimum atomic E-state index is -3.88. The average Bonchev–Trinajstić information content (AvgIpc) is 3.01. The van der Waals surface area contributed by atoms with Gasteiger partial charge in [0.1, 0.15) is 5.58 Å². The molecule has 8 nitrogen and oxygen atoms in total. The number of hydrogen-bond donors (Lipinski definition) is 2. The molecule has 2 aromatic carbocycles. The number of carbonyl (C=O) groups is 2. The number of benzene rings is 2. The molecule has 28 heavy (non-hydrogen) atoms. The molecule has 146 valence electrons. The Balaban J connectivity index is 1.56. The molecule has 3 aromatic rings. The number of nitrogens with one attached hydrogen (secondary N) is 1. The van der Waals surface area contributed by atoms with Crippen LogP contribution in [0.1, 0.15) is 11.1 Å². The molecule has 1 aromatic heterocycles. The lowest BCUT2D eigenvalue weighted by molar-refractivity contribution is -0.146. The first-order valence-electron chi connectivity index (χ1n) is 8.27. The second-order valence-electron chi connectivity index (χ2n) is 6.22. The van der Waals surface area contributed by atoms with Crippen molar-refractivity contribution < 1.29 is 27.2 Å². The Labute approximate surface area is 161 Å². The third-order valence-electron chi connectivity index (χ3n) is 3.96. The molecule has 0 atom stereocenters. The van der Waals surface area contributed by atoms with Crippen LogP contribution < -0.4 is 10.5 Å². The largest absolute Gasteiger partial charge is 0.464 e. The Bertz CT molecular complexity index is 1150. The first-order valence-corrected chi connectivity index (χ1v) is 9.82. The number of ether oxygens (including phenoxy) is 1. The smallest absolute Gasteiger partial charge is 0.310 e.